The summed E-state index contributed by atoms with van der Waals surface area (Å²) in [5.74, 6) is 0. The molecule has 4 nitrogen and oxygen atoms in total. The van der Waals surface area contributed by atoms with Crippen molar-refractivity contribution < 1.29 is 4.79 Å². The van der Waals surface area contributed by atoms with E-state index in [1.807, 2.05) is 0 Å². The molecule has 1 rings (SSSR count). The second-order valence-electron chi connectivity index (χ2n) is 5.48. The van der Waals surface area contributed by atoms with E-state index in [-0.39, 0.29) is 6.03 Å². The van der Waals surface area contributed by atoms with Gasteiger partial charge in [-0.3, -0.25) is 0 Å². The van der Waals surface area contributed by atoms with Crippen LogP contribution in [0.3, 0.4) is 0 Å². The van der Waals surface area contributed by atoms with E-state index in [1.165, 1.54) is 44.9 Å². The molecule has 0 saturated carbocycles. The molecule has 0 atom stereocenters. The maximum Gasteiger partial charge on any atom is 0.319 e. The van der Waals surface area contributed by atoms with Crippen molar-refractivity contribution in [3.63, 3.8) is 0 Å². The predicted octanol–water partition coefficient (Wildman–Crippen LogP) is 4.53. The fraction of sp³-hybridized carbons (Fsp3) is 0.588. The van der Waals surface area contributed by atoms with Gasteiger partial charge in [0.2, 0.25) is 0 Å². The first-order chi connectivity index (χ1) is 10.2. The number of hydrogen-bond acceptors (Lipinski definition) is 2. The molecule has 0 aliphatic heterocycles. The van der Waals surface area contributed by atoms with Crippen LogP contribution in [0.15, 0.2) is 24.3 Å². The van der Waals surface area contributed by atoms with E-state index in [4.69, 9.17) is 5.73 Å². The van der Waals surface area contributed by atoms with Gasteiger partial charge in [-0.2, -0.15) is 0 Å². The zero-order chi connectivity index (χ0) is 15.3. The summed E-state index contributed by atoms with van der Waals surface area (Å²) < 4.78 is 0. The van der Waals surface area contributed by atoms with E-state index in [1.54, 1.807) is 24.3 Å². The molecule has 118 valence electrons. The number of nitrogen functional groups attached to an aromatic ring is 1. The first-order valence-electron chi connectivity index (χ1n) is 8.12. The number of rotatable bonds is 10. The second-order valence-corrected chi connectivity index (χ2v) is 5.48. The Bertz CT molecular complexity index is 390. The highest BCUT2D eigenvalue weighted by molar-refractivity contribution is 5.89. The molecule has 4 heteroatoms. The molecule has 0 bridgehead atoms. The van der Waals surface area contributed by atoms with Crippen LogP contribution in [0.2, 0.25) is 0 Å². The van der Waals surface area contributed by atoms with Gasteiger partial charge in [-0.05, 0) is 30.7 Å². The van der Waals surface area contributed by atoms with Crippen LogP contribution in [0.4, 0.5) is 16.2 Å². The first kappa shape index (κ1) is 17.3. The lowest BCUT2D eigenvalue weighted by molar-refractivity contribution is 0.252. The smallest absolute Gasteiger partial charge is 0.319 e. The number of carbonyl (C=O) groups is 1. The number of anilines is 2. The van der Waals surface area contributed by atoms with Crippen molar-refractivity contribution in [3.8, 4) is 0 Å². The van der Waals surface area contributed by atoms with Gasteiger partial charge in [0.25, 0.3) is 0 Å². The lowest BCUT2D eigenvalue weighted by atomic mass is 10.1. The fourth-order valence-corrected chi connectivity index (χ4v) is 2.20. The Morgan fingerprint density at radius 1 is 0.952 bits per heavy atom. The summed E-state index contributed by atoms with van der Waals surface area (Å²) in [6, 6.07) is 6.99. The number of benzene rings is 1. The van der Waals surface area contributed by atoms with Gasteiger partial charge in [0.05, 0.1) is 0 Å². The van der Waals surface area contributed by atoms with Crippen LogP contribution in [0.1, 0.15) is 58.3 Å². The van der Waals surface area contributed by atoms with Crippen molar-refractivity contribution in [1.29, 1.82) is 0 Å². The number of amides is 2. The van der Waals surface area contributed by atoms with Crippen molar-refractivity contribution >= 4 is 17.4 Å². The van der Waals surface area contributed by atoms with E-state index in [9.17, 15) is 4.79 Å². The van der Waals surface area contributed by atoms with Crippen LogP contribution in [-0.4, -0.2) is 12.6 Å². The molecule has 0 unspecified atom stereocenters. The van der Waals surface area contributed by atoms with Crippen LogP contribution in [0.25, 0.3) is 0 Å². The number of urea groups is 1. The SMILES string of the molecule is CCCCCCCCCCNC(=O)Nc1ccc(N)cc1. The van der Waals surface area contributed by atoms with Crippen molar-refractivity contribution in [2.75, 3.05) is 17.6 Å². The Kier molecular flexibility index (Phi) is 9.09. The molecule has 0 aliphatic rings. The summed E-state index contributed by atoms with van der Waals surface area (Å²) in [6.45, 7) is 2.97. The second kappa shape index (κ2) is 11.0. The number of nitrogens with two attached hydrogens (primary N) is 1. The Morgan fingerprint density at radius 2 is 1.52 bits per heavy atom. The van der Waals surface area contributed by atoms with Crippen LogP contribution in [0.5, 0.6) is 0 Å². The van der Waals surface area contributed by atoms with Gasteiger partial charge in [0.1, 0.15) is 0 Å². The zero-order valence-corrected chi connectivity index (χ0v) is 13.2. The molecule has 21 heavy (non-hydrogen) atoms. The Labute approximate surface area is 128 Å². The van der Waals surface area contributed by atoms with E-state index >= 15 is 0 Å². The average Bonchev–Trinajstić information content (AvgIpc) is 2.48. The summed E-state index contributed by atoms with van der Waals surface area (Å²) in [6.07, 6.45) is 10.2. The molecule has 0 fully saturated rings. The minimum Gasteiger partial charge on any atom is -0.399 e. The summed E-state index contributed by atoms with van der Waals surface area (Å²) in [5.41, 5.74) is 7.05. The number of unbranched alkanes of at least 4 members (excludes halogenated alkanes) is 7. The summed E-state index contributed by atoms with van der Waals surface area (Å²) in [4.78, 5) is 11.7. The van der Waals surface area contributed by atoms with E-state index in [0.29, 0.717) is 5.69 Å². The van der Waals surface area contributed by atoms with Crippen LogP contribution >= 0.6 is 0 Å². The van der Waals surface area contributed by atoms with Crippen LogP contribution in [-0.2, 0) is 0 Å². The highest BCUT2D eigenvalue weighted by Crippen LogP contribution is 2.10. The van der Waals surface area contributed by atoms with Crippen LogP contribution < -0.4 is 16.4 Å². The minimum atomic E-state index is -0.150. The Balaban J connectivity index is 1.97. The lowest BCUT2D eigenvalue weighted by Gasteiger charge is -2.07. The van der Waals surface area contributed by atoms with Gasteiger partial charge >= 0.3 is 6.03 Å². The van der Waals surface area contributed by atoms with Crippen molar-refractivity contribution in [1.82, 2.24) is 5.32 Å². The molecule has 0 heterocycles. The third kappa shape index (κ3) is 8.95. The third-order valence-corrected chi connectivity index (χ3v) is 3.48. The molecule has 1 aromatic carbocycles. The lowest BCUT2D eigenvalue weighted by Crippen LogP contribution is -2.29. The number of nitrogens with one attached hydrogen (secondary N) is 2. The number of hydrogen-bond donors (Lipinski definition) is 3. The molecule has 0 saturated heterocycles. The van der Waals surface area contributed by atoms with Crippen LogP contribution in [0, 0.1) is 0 Å². The third-order valence-electron chi connectivity index (χ3n) is 3.48. The molecular formula is C17H29N3O. The van der Waals surface area contributed by atoms with Gasteiger partial charge in [0, 0.05) is 17.9 Å². The molecule has 1 aromatic rings. The monoisotopic (exact) mass is 291 g/mol. The van der Waals surface area contributed by atoms with Crippen molar-refractivity contribution in [2.45, 2.75) is 58.3 Å². The molecule has 0 aliphatic carbocycles. The molecule has 0 spiro atoms. The Morgan fingerprint density at radius 3 is 2.14 bits per heavy atom. The summed E-state index contributed by atoms with van der Waals surface area (Å²) in [7, 11) is 0. The van der Waals surface area contributed by atoms with E-state index in [0.717, 1.165) is 18.7 Å². The van der Waals surface area contributed by atoms with Crippen molar-refractivity contribution in [3.05, 3.63) is 24.3 Å². The van der Waals surface area contributed by atoms with Crippen molar-refractivity contribution in [2.24, 2.45) is 0 Å². The van der Waals surface area contributed by atoms with Gasteiger partial charge in [0.15, 0.2) is 0 Å². The molecule has 2 amide bonds. The molecule has 0 radical (unpaired) electrons. The molecular weight excluding hydrogens is 262 g/mol. The van der Waals surface area contributed by atoms with Gasteiger partial charge in [-0.25, -0.2) is 4.79 Å². The summed E-state index contributed by atoms with van der Waals surface area (Å²) >= 11 is 0. The highest BCUT2D eigenvalue weighted by atomic mass is 16.2. The highest BCUT2D eigenvalue weighted by Gasteiger charge is 2.00. The minimum absolute atomic E-state index is 0.150. The fourth-order valence-electron chi connectivity index (χ4n) is 2.20. The number of carbonyl (C=O) groups excluding carboxylic acids is 1. The van der Waals surface area contributed by atoms with E-state index < -0.39 is 0 Å². The maximum absolute atomic E-state index is 11.7. The largest absolute Gasteiger partial charge is 0.399 e. The normalized spacial score (nSPS) is 10.3. The molecule has 0 aromatic heterocycles. The van der Waals surface area contributed by atoms with E-state index in [2.05, 4.69) is 17.6 Å². The van der Waals surface area contributed by atoms with Gasteiger partial charge < -0.3 is 16.4 Å². The maximum atomic E-state index is 11.7. The standard InChI is InChI=1S/C17H29N3O/c1-2-3-4-5-6-7-8-9-14-19-17(21)20-16-12-10-15(18)11-13-16/h10-13H,2-9,14,18H2,1H3,(H2,19,20,21). The Hall–Kier alpha value is -1.71. The van der Waals surface area contributed by atoms with Gasteiger partial charge in [-0.15, -0.1) is 0 Å². The zero-order valence-electron chi connectivity index (χ0n) is 13.2. The first-order valence-corrected chi connectivity index (χ1v) is 8.12. The quantitative estimate of drug-likeness (QED) is 0.438. The predicted molar refractivity (Wildman–Crippen MR) is 90.5 cm³/mol. The van der Waals surface area contributed by atoms with Gasteiger partial charge in [-0.1, -0.05) is 51.9 Å². The summed E-state index contributed by atoms with van der Waals surface area (Å²) in [5, 5.41) is 5.66. The average molecular weight is 291 g/mol. The topological polar surface area (TPSA) is 67.2 Å². The molecule has 4 N–H and O–H groups in total.